The van der Waals surface area contributed by atoms with Crippen LogP contribution in [0.1, 0.15) is 53.6 Å². The van der Waals surface area contributed by atoms with E-state index < -0.39 is 53.9 Å². The maximum Gasteiger partial charge on any atom is 0.422 e. The van der Waals surface area contributed by atoms with Gasteiger partial charge in [-0.15, -0.1) is 0 Å². The Balaban J connectivity index is 1.16. The van der Waals surface area contributed by atoms with Gasteiger partial charge in [0.1, 0.15) is 11.8 Å². The molecule has 1 aliphatic carbocycles. The van der Waals surface area contributed by atoms with Gasteiger partial charge in [0.2, 0.25) is 17.7 Å². The number of carbonyl (C=O) groups is 4. The van der Waals surface area contributed by atoms with Crippen LogP contribution in [0.5, 0.6) is 11.8 Å². The van der Waals surface area contributed by atoms with Crippen molar-refractivity contribution in [1.29, 1.82) is 0 Å². The van der Waals surface area contributed by atoms with Gasteiger partial charge in [-0.3, -0.25) is 14.4 Å². The number of aromatic nitrogens is 3. The van der Waals surface area contributed by atoms with E-state index in [9.17, 15) is 32.3 Å². The quantitative estimate of drug-likeness (QED) is 0.0673. The summed E-state index contributed by atoms with van der Waals surface area (Å²) < 4.78 is 53.7. The zero-order valence-corrected chi connectivity index (χ0v) is 31.1. The number of aryl methyl sites for hydroxylation is 1. The van der Waals surface area contributed by atoms with Gasteiger partial charge in [-0.1, -0.05) is 35.9 Å². The Labute approximate surface area is 324 Å². The fourth-order valence-corrected chi connectivity index (χ4v) is 5.69. The summed E-state index contributed by atoms with van der Waals surface area (Å²) in [6, 6.07) is 18.7. The van der Waals surface area contributed by atoms with Gasteiger partial charge in [-0.05, 0) is 91.8 Å². The van der Waals surface area contributed by atoms with E-state index in [1.807, 2.05) is 36.4 Å². The molecule has 0 aliphatic heterocycles. The smallest absolute Gasteiger partial charge is 0.422 e. The maximum atomic E-state index is 13.1. The van der Waals surface area contributed by atoms with Gasteiger partial charge >= 0.3 is 18.2 Å². The lowest BCUT2D eigenvalue weighted by molar-refractivity contribution is -0.154. The number of ketones is 1. The summed E-state index contributed by atoms with van der Waals surface area (Å²) in [4.78, 5) is 62.7. The highest BCUT2D eigenvalue weighted by atomic mass is 35.5. The minimum Gasteiger partial charge on any atom is -0.497 e. The number of alkyl halides is 3. The highest BCUT2D eigenvalue weighted by molar-refractivity contribution is 6.36. The van der Waals surface area contributed by atoms with Gasteiger partial charge < -0.3 is 35.5 Å². The van der Waals surface area contributed by atoms with Crippen molar-refractivity contribution in [2.75, 3.05) is 38.0 Å². The second-order valence-corrected chi connectivity index (χ2v) is 13.2. The van der Waals surface area contributed by atoms with Crippen LogP contribution in [-0.4, -0.2) is 78.1 Å². The van der Waals surface area contributed by atoms with Gasteiger partial charge in [0.05, 0.1) is 19.8 Å². The van der Waals surface area contributed by atoms with Crippen molar-refractivity contribution in [1.82, 2.24) is 25.6 Å². The molecule has 0 bridgehead atoms. The lowest BCUT2D eigenvalue weighted by Crippen LogP contribution is -2.44. The molecule has 1 atom stereocenters. The summed E-state index contributed by atoms with van der Waals surface area (Å²) in [5.41, 5.74) is 1.81. The van der Waals surface area contributed by atoms with Crippen LogP contribution < -0.4 is 30.7 Å². The third-order valence-corrected chi connectivity index (χ3v) is 8.90. The van der Waals surface area contributed by atoms with Gasteiger partial charge in [0.25, 0.3) is 11.8 Å². The number of ether oxygens (including phenoxy) is 3. The average molecular weight is 798 g/mol. The minimum absolute atomic E-state index is 0.0222. The molecule has 56 heavy (non-hydrogen) atoms. The van der Waals surface area contributed by atoms with Crippen LogP contribution in [0.4, 0.5) is 30.8 Å². The first-order chi connectivity index (χ1) is 26.8. The topological polar surface area (TPSA) is 183 Å². The van der Waals surface area contributed by atoms with Crippen molar-refractivity contribution in [3.8, 4) is 11.8 Å². The number of anilines is 3. The number of halogens is 4. The van der Waals surface area contributed by atoms with Gasteiger partial charge in [-0.25, -0.2) is 4.79 Å². The number of rotatable bonds is 19. The van der Waals surface area contributed by atoms with Gasteiger partial charge in [0.15, 0.2) is 6.61 Å². The molecule has 0 radical (unpaired) electrons. The van der Waals surface area contributed by atoms with E-state index in [0.29, 0.717) is 42.1 Å². The third kappa shape index (κ3) is 12.0. The number of benzene rings is 3. The number of methoxy groups -OCH3 is 2. The number of amides is 2. The Morgan fingerprint density at radius 1 is 0.929 bits per heavy atom. The summed E-state index contributed by atoms with van der Waals surface area (Å²) in [5.74, 6) is -2.28. The SMILES string of the molecule is COC(=O)[C@H](CCNC(=O)C(=O)CCCc1cccc(OC)c1)NC(=O)c1ccc(Nc2nc(NC3(c4ccc(Cl)cc4)CC3)nc(OCC(F)(F)F)n2)cc1. The van der Waals surface area contributed by atoms with E-state index in [-0.39, 0.29) is 36.8 Å². The molecule has 2 amide bonds. The Hall–Kier alpha value is -5.97. The standard InChI is InChI=1S/C38H39ClF3N7O7/c1-54-28-7-3-5-23(21-28)6-4-8-30(50)32(52)43-20-17-29(33(53)55-2)45-31(51)24-9-15-27(16-10-24)44-34-46-35(48-36(47-34)56-22-38(40,41)42)49-37(18-19-37)25-11-13-26(39)14-12-25/h3,5,7,9-16,21,29H,4,6,8,17-20,22H2,1-2H3,(H,43,52)(H,45,51)(H2,44,46,47,48,49)/t29-/m0/s1. The van der Waals surface area contributed by atoms with Crippen molar-refractivity contribution in [2.24, 2.45) is 0 Å². The normalized spacial score (nSPS) is 13.5. The lowest BCUT2D eigenvalue weighted by Gasteiger charge is -2.19. The van der Waals surface area contributed by atoms with E-state index >= 15 is 0 Å². The first-order valence-corrected chi connectivity index (χ1v) is 17.8. The summed E-state index contributed by atoms with van der Waals surface area (Å²) in [6.07, 6.45) is -2.22. The number of nitrogens with one attached hydrogen (secondary N) is 4. The monoisotopic (exact) mass is 797 g/mol. The largest absolute Gasteiger partial charge is 0.497 e. The summed E-state index contributed by atoms with van der Waals surface area (Å²) >= 11 is 6.03. The lowest BCUT2D eigenvalue weighted by atomic mass is 10.1. The molecule has 14 nitrogen and oxygen atoms in total. The maximum absolute atomic E-state index is 13.1. The molecule has 18 heteroatoms. The molecule has 296 valence electrons. The molecule has 0 saturated heterocycles. The second-order valence-electron chi connectivity index (χ2n) is 12.8. The first kappa shape index (κ1) is 41.2. The van der Waals surface area contributed by atoms with Crippen LogP contribution in [0.25, 0.3) is 0 Å². The molecule has 1 saturated carbocycles. The van der Waals surface area contributed by atoms with Crippen LogP contribution in [0, 0.1) is 0 Å². The molecule has 4 N–H and O–H groups in total. The number of carbonyl (C=O) groups excluding carboxylic acids is 4. The Morgan fingerprint density at radius 2 is 1.64 bits per heavy atom. The minimum atomic E-state index is -4.63. The van der Waals surface area contributed by atoms with E-state index in [2.05, 4.69) is 36.2 Å². The number of hydrogen-bond donors (Lipinski definition) is 4. The van der Waals surface area contributed by atoms with E-state index in [0.717, 1.165) is 18.2 Å². The molecule has 1 aliphatic rings. The predicted molar refractivity (Wildman–Crippen MR) is 199 cm³/mol. The number of hydrogen-bond acceptors (Lipinski definition) is 12. The fraction of sp³-hybridized carbons (Fsp3) is 0.342. The van der Waals surface area contributed by atoms with Crippen molar-refractivity contribution in [3.05, 3.63) is 94.5 Å². The highest BCUT2D eigenvalue weighted by Gasteiger charge is 2.45. The second kappa shape index (κ2) is 18.6. The predicted octanol–water partition coefficient (Wildman–Crippen LogP) is 5.69. The summed E-state index contributed by atoms with van der Waals surface area (Å²) in [7, 11) is 2.71. The molecular weight excluding hydrogens is 759 g/mol. The Morgan fingerprint density at radius 3 is 2.30 bits per heavy atom. The van der Waals surface area contributed by atoms with Crippen LogP contribution in [0.2, 0.25) is 5.02 Å². The molecule has 1 fully saturated rings. The molecule has 3 aromatic carbocycles. The zero-order valence-electron chi connectivity index (χ0n) is 30.4. The number of Topliss-reactive ketones (excluding diaryl/α,β-unsaturated/α-hetero) is 1. The van der Waals surface area contributed by atoms with Crippen molar-refractivity contribution >= 4 is 52.8 Å². The average Bonchev–Trinajstić information content (AvgIpc) is 3.96. The molecule has 0 spiro atoms. The van der Waals surface area contributed by atoms with Gasteiger partial charge in [-0.2, -0.15) is 28.1 Å². The summed E-state index contributed by atoms with van der Waals surface area (Å²) in [5, 5.41) is 11.7. The van der Waals surface area contributed by atoms with Crippen molar-refractivity contribution in [2.45, 2.75) is 56.3 Å². The van der Waals surface area contributed by atoms with E-state index in [1.165, 1.54) is 24.3 Å². The number of nitrogens with zero attached hydrogens (tertiary/aromatic N) is 3. The molecule has 1 heterocycles. The zero-order chi connectivity index (χ0) is 40.3. The Bertz CT molecular complexity index is 2010. The molecule has 1 aromatic heterocycles. The van der Waals surface area contributed by atoms with Crippen LogP contribution >= 0.6 is 11.6 Å². The molecule has 5 rings (SSSR count). The first-order valence-electron chi connectivity index (χ1n) is 17.5. The molecular formula is C38H39ClF3N7O7. The van der Waals surface area contributed by atoms with E-state index in [4.69, 9.17) is 25.8 Å². The highest BCUT2D eigenvalue weighted by Crippen LogP contribution is 2.48. The Kier molecular flexibility index (Phi) is 13.7. The van der Waals surface area contributed by atoms with Crippen molar-refractivity contribution in [3.63, 3.8) is 0 Å². The third-order valence-electron chi connectivity index (χ3n) is 8.65. The van der Waals surface area contributed by atoms with Crippen molar-refractivity contribution < 1.29 is 46.6 Å². The summed E-state index contributed by atoms with van der Waals surface area (Å²) in [6.45, 7) is -1.72. The number of esters is 1. The molecule has 0 unspecified atom stereocenters. The fourth-order valence-electron chi connectivity index (χ4n) is 5.56. The van der Waals surface area contributed by atoms with E-state index in [1.54, 1.807) is 19.2 Å². The van der Waals surface area contributed by atoms with Gasteiger partial charge in [0, 0.05) is 29.2 Å². The van der Waals surface area contributed by atoms with Crippen LogP contribution in [0.15, 0.2) is 72.8 Å². The van der Waals surface area contributed by atoms with Crippen LogP contribution in [-0.2, 0) is 31.1 Å². The van der Waals surface area contributed by atoms with Crippen LogP contribution in [0.3, 0.4) is 0 Å². The molecule has 4 aromatic rings.